The van der Waals surface area contributed by atoms with Crippen LogP contribution >= 0.6 is 0 Å². The zero-order chi connectivity index (χ0) is 15.2. The highest BCUT2D eigenvalue weighted by molar-refractivity contribution is 5.14. The van der Waals surface area contributed by atoms with Gasteiger partial charge >= 0.3 is 0 Å². The van der Waals surface area contributed by atoms with Crippen molar-refractivity contribution in [3.8, 4) is 0 Å². The summed E-state index contributed by atoms with van der Waals surface area (Å²) in [6.07, 6.45) is 8.93. The largest absolute Gasteiger partial charge is 0.329 e. The highest BCUT2D eigenvalue weighted by atomic mass is 15.4. The molecule has 1 aromatic carbocycles. The minimum atomic E-state index is 0.738. The van der Waals surface area contributed by atoms with Crippen molar-refractivity contribution in [2.24, 2.45) is 0 Å². The number of benzene rings is 1. The van der Waals surface area contributed by atoms with Gasteiger partial charge in [0.25, 0.3) is 0 Å². The summed E-state index contributed by atoms with van der Waals surface area (Å²) in [5.41, 5.74) is 2.35. The van der Waals surface area contributed by atoms with Crippen molar-refractivity contribution in [3.05, 3.63) is 66.0 Å². The van der Waals surface area contributed by atoms with E-state index in [1.807, 2.05) is 29.3 Å². The zero-order valence-corrected chi connectivity index (χ0v) is 12.9. The van der Waals surface area contributed by atoms with Crippen LogP contribution in [0.1, 0.15) is 30.4 Å². The Hall–Kier alpha value is -2.43. The van der Waals surface area contributed by atoms with E-state index in [0.717, 1.165) is 43.9 Å². The smallest absolute Gasteiger partial charge is 0.108 e. The first kappa shape index (κ1) is 14.5. The predicted molar refractivity (Wildman–Crippen MR) is 85.5 cm³/mol. The molecule has 0 N–H and O–H groups in total. The number of aryl methyl sites for hydroxylation is 3. The summed E-state index contributed by atoms with van der Waals surface area (Å²) in [6.45, 7) is 3.74. The molecule has 0 spiro atoms. The van der Waals surface area contributed by atoms with E-state index in [4.69, 9.17) is 0 Å². The average molecular weight is 295 g/mol. The van der Waals surface area contributed by atoms with Crippen LogP contribution in [-0.2, 0) is 25.9 Å². The van der Waals surface area contributed by atoms with Gasteiger partial charge in [-0.05, 0) is 18.4 Å². The lowest BCUT2D eigenvalue weighted by molar-refractivity contribution is 0.558. The topological polar surface area (TPSA) is 48.5 Å². The molecule has 5 heteroatoms. The number of hydrogen-bond acceptors (Lipinski definition) is 3. The van der Waals surface area contributed by atoms with Gasteiger partial charge in [-0.15, -0.1) is 5.10 Å². The Morgan fingerprint density at radius 2 is 2.00 bits per heavy atom. The van der Waals surface area contributed by atoms with Crippen LogP contribution in [0.2, 0.25) is 0 Å². The van der Waals surface area contributed by atoms with Gasteiger partial charge in [-0.2, -0.15) is 0 Å². The summed E-state index contributed by atoms with van der Waals surface area (Å²) < 4.78 is 4.05. The number of rotatable bonds is 7. The van der Waals surface area contributed by atoms with Gasteiger partial charge in [0, 0.05) is 25.4 Å². The van der Waals surface area contributed by atoms with Crippen LogP contribution in [-0.4, -0.2) is 24.5 Å². The van der Waals surface area contributed by atoms with Crippen LogP contribution in [0.5, 0.6) is 0 Å². The fourth-order valence-corrected chi connectivity index (χ4v) is 2.58. The van der Waals surface area contributed by atoms with Gasteiger partial charge < -0.3 is 4.57 Å². The van der Waals surface area contributed by atoms with Gasteiger partial charge in [0.1, 0.15) is 11.5 Å². The van der Waals surface area contributed by atoms with Crippen molar-refractivity contribution >= 4 is 0 Å². The molecule has 22 heavy (non-hydrogen) atoms. The molecule has 5 nitrogen and oxygen atoms in total. The van der Waals surface area contributed by atoms with E-state index in [0.29, 0.717) is 0 Å². The van der Waals surface area contributed by atoms with Crippen molar-refractivity contribution < 1.29 is 0 Å². The molecule has 0 aliphatic heterocycles. The van der Waals surface area contributed by atoms with Crippen LogP contribution in [0, 0.1) is 0 Å². The molecule has 0 aliphatic rings. The maximum Gasteiger partial charge on any atom is 0.108 e. The molecule has 2 aromatic heterocycles. The van der Waals surface area contributed by atoms with Gasteiger partial charge in [0.05, 0.1) is 12.7 Å². The highest BCUT2D eigenvalue weighted by Gasteiger charge is 2.05. The summed E-state index contributed by atoms with van der Waals surface area (Å²) in [7, 11) is 0. The Morgan fingerprint density at radius 1 is 1.14 bits per heavy atom. The average Bonchev–Trinajstić information content (AvgIpc) is 3.18. The molecular weight excluding hydrogens is 274 g/mol. The minimum absolute atomic E-state index is 0.738. The van der Waals surface area contributed by atoms with Crippen molar-refractivity contribution in [2.75, 3.05) is 0 Å². The van der Waals surface area contributed by atoms with E-state index in [-0.39, 0.29) is 0 Å². The van der Waals surface area contributed by atoms with E-state index in [1.54, 1.807) is 0 Å². The summed E-state index contributed by atoms with van der Waals surface area (Å²) in [5.74, 6) is 1.08. The third-order valence-electron chi connectivity index (χ3n) is 3.73. The first-order chi connectivity index (χ1) is 10.8. The molecule has 0 atom stereocenters. The van der Waals surface area contributed by atoms with Gasteiger partial charge in [-0.25, -0.2) is 4.98 Å². The highest BCUT2D eigenvalue weighted by Crippen LogP contribution is 2.06. The maximum atomic E-state index is 4.33. The molecule has 0 amide bonds. The van der Waals surface area contributed by atoms with Crippen LogP contribution in [0.4, 0.5) is 0 Å². The number of aromatic nitrogens is 5. The second-order valence-corrected chi connectivity index (χ2v) is 5.39. The first-order valence-corrected chi connectivity index (χ1v) is 7.78. The maximum absolute atomic E-state index is 4.33. The molecule has 2 heterocycles. The van der Waals surface area contributed by atoms with E-state index in [2.05, 4.69) is 51.1 Å². The molecule has 0 saturated carbocycles. The second-order valence-electron chi connectivity index (χ2n) is 5.39. The molecular formula is C17H21N5. The fraction of sp³-hybridized carbons (Fsp3) is 0.353. The molecule has 0 aliphatic carbocycles. The third-order valence-corrected chi connectivity index (χ3v) is 3.73. The van der Waals surface area contributed by atoms with Crippen molar-refractivity contribution in [1.29, 1.82) is 0 Å². The lowest BCUT2D eigenvalue weighted by Gasteiger charge is -2.03. The van der Waals surface area contributed by atoms with Crippen molar-refractivity contribution in [3.63, 3.8) is 0 Å². The van der Waals surface area contributed by atoms with Crippen LogP contribution in [0.3, 0.4) is 0 Å². The van der Waals surface area contributed by atoms with Gasteiger partial charge in [-0.1, -0.05) is 42.5 Å². The monoisotopic (exact) mass is 295 g/mol. The first-order valence-electron chi connectivity index (χ1n) is 7.78. The Morgan fingerprint density at radius 3 is 2.82 bits per heavy atom. The van der Waals surface area contributed by atoms with E-state index >= 15 is 0 Å². The van der Waals surface area contributed by atoms with Crippen LogP contribution < -0.4 is 0 Å². The van der Waals surface area contributed by atoms with Crippen LogP contribution in [0.15, 0.2) is 48.9 Å². The standard InChI is InChI=1S/C17H21N5/c1-2-17-18-10-12-21(17)13-16-14-22(20-19-16)11-6-9-15-7-4-3-5-8-15/h3-5,7-8,10,12,14H,2,6,9,11,13H2,1H3. The number of imidazole rings is 1. The SMILES string of the molecule is CCc1nccn1Cc1cn(CCCc2ccccc2)nn1. The molecule has 0 fully saturated rings. The zero-order valence-electron chi connectivity index (χ0n) is 12.9. The molecule has 114 valence electrons. The van der Waals surface area contributed by atoms with Crippen molar-refractivity contribution in [1.82, 2.24) is 24.5 Å². The van der Waals surface area contributed by atoms with Gasteiger partial charge in [-0.3, -0.25) is 4.68 Å². The number of hydrogen-bond donors (Lipinski definition) is 0. The Labute approximate surface area is 130 Å². The Balaban J connectivity index is 1.53. The number of nitrogens with zero attached hydrogens (tertiary/aromatic N) is 5. The van der Waals surface area contributed by atoms with Gasteiger partial charge in [0.2, 0.25) is 0 Å². The molecule has 0 saturated heterocycles. The van der Waals surface area contributed by atoms with Crippen molar-refractivity contribution in [2.45, 2.75) is 39.3 Å². The Bertz CT molecular complexity index is 699. The normalized spacial score (nSPS) is 11.0. The Kier molecular flexibility index (Phi) is 4.63. The summed E-state index contributed by atoms with van der Waals surface area (Å²) in [6, 6.07) is 10.5. The molecule has 0 radical (unpaired) electrons. The summed E-state index contributed by atoms with van der Waals surface area (Å²) in [5, 5.41) is 8.47. The minimum Gasteiger partial charge on any atom is -0.329 e. The fourth-order valence-electron chi connectivity index (χ4n) is 2.58. The van der Waals surface area contributed by atoms with E-state index in [9.17, 15) is 0 Å². The lowest BCUT2D eigenvalue weighted by Crippen LogP contribution is -2.03. The lowest BCUT2D eigenvalue weighted by atomic mass is 10.1. The summed E-state index contributed by atoms with van der Waals surface area (Å²) in [4.78, 5) is 4.33. The molecule has 3 rings (SSSR count). The molecule has 0 bridgehead atoms. The quantitative estimate of drug-likeness (QED) is 0.673. The summed E-state index contributed by atoms with van der Waals surface area (Å²) >= 11 is 0. The second kappa shape index (κ2) is 7.02. The molecule has 3 aromatic rings. The molecule has 0 unspecified atom stereocenters. The van der Waals surface area contributed by atoms with Crippen LogP contribution in [0.25, 0.3) is 0 Å². The van der Waals surface area contributed by atoms with E-state index in [1.165, 1.54) is 5.56 Å². The van der Waals surface area contributed by atoms with Gasteiger partial charge in [0.15, 0.2) is 0 Å². The third kappa shape index (κ3) is 3.61. The predicted octanol–water partition coefficient (Wildman–Crippen LogP) is 2.72. The van der Waals surface area contributed by atoms with E-state index < -0.39 is 0 Å².